The Balaban J connectivity index is 1.40. The molecule has 2 fully saturated rings. The summed E-state index contributed by atoms with van der Waals surface area (Å²) in [7, 11) is -2.86. The summed E-state index contributed by atoms with van der Waals surface area (Å²) < 4.78 is 27.6. The highest BCUT2D eigenvalue weighted by Gasteiger charge is 2.30. The highest BCUT2D eigenvalue weighted by Crippen LogP contribution is 2.38. The van der Waals surface area contributed by atoms with Crippen molar-refractivity contribution in [2.24, 2.45) is 0 Å². The van der Waals surface area contributed by atoms with Crippen LogP contribution in [0.4, 0.5) is 0 Å². The summed E-state index contributed by atoms with van der Waals surface area (Å²) in [4.78, 5) is 6.83. The molecule has 0 amide bonds. The monoisotopic (exact) mass is 342 g/mol. The second kappa shape index (κ2) is 7.27. The molecule has 0 spiro atoms. The maximum Gasteiger partial charge on any atom is 0.229 e. The SMILES string of the molecule is CS(=O)(=O)CCCN[C@@H]1CCCN(Cc2noc(C3CC3)n2)C1. The number of nitrogens with zero attached hydrogens (tertiary/aromatic N) is 3. The van der Waals surface area contributed by atoms with Crippen LogP contribution < -0.4 is 5.32 Å². The Morgan fingerprint density at radius 2 is 2.17 bits per heavy atom. The molecule has 130 valence electrons. The minimum Gasteiger partial charge on any atom is -0.339 e. The Morgan fingerprint density at radius 3 is 2.91 bits per heavy atom. The van der Waals surface area contributed by atoms with Gasteiger partial charge >= 0.3 is 0 Å². The van der Waals surface area contributed by atoms with Crippen molar-refractivity contribution in [1.29, 1.82) is 0 Å². The van der Waals surface area contributed by atoms with Gasteiger partial charge < -0.3 is 9.84 Å². The van der Waals surface area contributed by atoms with E-state index in [1.54, 1.807) is 0 Å². The van der Waals surface area contributed by atoms with E-state index in [1.165, 1.54) is 19.1 Å². The fraction of sp³-hybridized carbons (Fsp3) is 0.867. The third-order valence-electron chi connectivity index (χ3n) is 4.41. The lowest BCUT2D eigenvalue weighted by Gasteiger charge is -2.32. The van der Waals surface area contributed by atoms with E-state index < -0.39 is 9.84 Å². The molecule has 2 heterocycles. The molecule has 1 saturated heterocycles. The van der Waals surface area contributed by atoms with E-state index in [1.807, 2.05) is 0 Å². The first kappa shape index (κ1) is 16.9. The van der Waals surface area contributed by atoms with Crippen molar-refractivity contribution in [3.05, 3.63) is 11.7 Å². The number of sulfone groups is 1. The van der Waals surface area contributed by atoms with Crippen LogP contribution in [0.5, 0.6) is 0 Å². The number of rotatable bonds is 8. The topological polar surface area (TPSA) is 88.3 Å². The predicted molar refractivity (Wildman–Crippen MR) is 86.9 cm³/mol. The van der Waals surface area contributed by atoms with Crippen molar-refractivity contribution in [1.82, 2.24) is 20.4 Å². The molecule has 3 rings (SSSR count). The largest absolute Gasteiger partial charge is 0.339 e. The summed E-state index contributed by atoms with van der Waals surface area (Å²) in [5.41, 5.74) is 0. The summed E-state index contributed by atoms with van der Waals surface area (Å²) >= 11 is 0. The minimum absolute atomic E-state index is 0.253. The number of hydrogen-bond donors (Lipinski definition) is 1. The molecular weight excluding hydrogens is 316 g/mol. The van der Waals surface area contributed by atoms with E-state index in [0.717, 1.165) is 50.7 Å². The lowest BCUT2D eigenvalue weighted by Crippen LogP contribution is -2.45. The van der Waals surface area contributed by atoms with Crippen molar-refractivity contribution < 1.29 is 12.9 Å². The van der Waals surface area contributed by atoms with E-state index in [9.17, 15) is 8.42 Å². The zero-order chi connectivity index (χ0) is 16.3. The molecule has 0 aromatic carbocycles. The van der Waals surface area contributed by atoms with Crippen LogP contribution in [0.2, 0.25) is 0 Å². The molecule has 1 aliphatic carbocycles. The number of aromatic nitrogens is 2. The highest BCUT2D eigenvalue weighted by molar-refractivity contribution is 7.90. The van der Waals surface area contributed by atoms with Gasteiger partial charge in [0.2, 0.25) is 5.89 Å². The van der Waals surface area contributed by atoms with Crippen LogP contribution in [0.1, 0.15) is 49.7 Å². The smallest absolute Gasteiger partial charge is 0.229 e. The van der Waals surface area contributed by atoms with Crippen LogP contribution in [-0.4, -0.2) is 61.1 Å². The minimum atomic E-state index is -2.86. The van der Waals surface area contributed by atoms with Gasteiger partial charge in [0.25, 0.3) is 0 Å². The van der Waals surface area contributed by atoms with E-state index in [-0.39, 0.29) is 5.75 Å². The fourth-order valence-electron chi connectivity index (χ4n) is 3.03. The van der Waals surface area contributed by atoms with E-state index in [0.29, 0.717) is 18.4 Å². The number of nitrogens with one attached hydrogen (secondary N) is 1. The van der Waals surface area contributed by atoms with Crippen molar-refractivity contribution in [2.75, 3.05) is 31.6 Å². The Kier molecular flexibility index (Phi) is 5.33. The van der Waals surface area contributed by atoms with Gasteiger partial charge in [-0.2, -0.15) is 4.98 Å². The molecule has 2 aliphatic rings. The third-order valence-corrected chi connectivity index (χ3v) is 5.44. The van der Waals surface area contributed by atoms with Crippen LogP contribution in [0, 0.1) is 0 Å². The van der Waals surface area contributed by atoms with Gasteiger partial charge in [-0.15, -0.1) is 0 Å². The summed E-state index contributed by atoms with van der Waals surface area (Å²) in [6.07, 6.45) is 6.57. The first-order valence-corrected chi connectivity index (χ1v) is 10.5. The molecule has 7 nitrogen and oxygen atoms in total. The molecular formula is C15H26N4O3S. The van der Waals surface area contributed by atoms with Crippen molar-refractivity contribution in [3.8, 4) is 0 Å². The van der Waals surface area contributed by atoms with Gasteiger partial charge in [-0.1, -0.05) is 5.16 Å². The molecule has 0 radical (unpaired) electrons. The number of hydrogen-bond acceptors (Lipinski definition) is 7. The van der Waals surface area contributed by atoms with Crippen molar-refractivity contribution in [2.45, 2.75) is 50.6 Å². The lowest BCUT2D eigenvalue weighted by atomic mass is 10.1. The van der Waals surface area contributed by atoms with Crippen LogP contribution in [-0.2, 0) is 16.4 Å². The molecule has 0 bridgehead atoms. The zero-order valence-corrected chi connectivity index (χ0v) is 14.5. The van der Waals surface area contributed by atoms with Gasteiger partial charge in [0.05, 0.1) is 12.3 Å². The predicted octanol–water partition coefficient (Wildman–Crippen LogP) is 0.936. The molecule has 8 heteroatoms. The molecule has 1 N–H and O–H groups in total. The Bertz CT molecular complexity index is 612. The van der Waals surface area contributed by atoms with Crippen LogP contribution >= 0.6 is 0 Å². The maximum absolute atomic E-state index is 11.1. The van der Waals surface area contributed by atoms with Crippen LogP contribution in [0.3, 0.4) is 0 Å². The van der Waals surface area contributed by atoms with Crippen LogP contribution in [0.15, 0.2) is 4.52 Å². The summed E-state index contributed by atoms with van der Waals surface area (Å²) in [6, 6.07) is 0.415. The summed E-state index contributed by atoms with van der Waals surface area (Å²) in [6.45, 7) is 3.48. The standard InChI is InChI=1S/C15H26N4O3S/c1-23(20,21)9-3-7-16-13-4-2-8-19(10-13)11-14-17-15(22-18-14)12-5-6-12/h12-13,16H,2-11H2,1H3/t13-/m1/s1. The fourth-order valence-corrected chi connectivity index (χ4v) is 3.70. The maximum atomic E-state index is 11.1. The Hall–Kier alpha value is -0.990. The molecule has 1 atom stereocenters. The van der Waals surface area contributed by atoms with Gasteiger partial charge in [0, 0.05) is 24.8 Å². The second-order valence-corrected chi connectivity index (χ2v) is 9.09. The third kappa shape index (κ3) is 5.54. The van der Waals surface area contributed by atoms with Gasteiger partial charge in [0.1, 0.15) is 9.84 Å². The van der Waals surface area contributed by atoms with Crippen molar-refractivity contribution >= 4 is 9.84 Å². The average molecular weight is 342 g/mol. The van der Waals surface area contributed by atoms with Gasteiger partial charge in [-0.3, -0.25) is 4.90 Å². The van der Waals surface area contributed by atoms with Gasteiger partial charge in [-0.05, 0) is 45.2 Å². The number of piperidine rings is 1. The van der Waals surface area contributed by atoms with E-state index >= 15 is 0 Å². The molecule has 1 aromatic rings. The number of likely N-dealkylation sites (tertiary alicyclic amines) is 1. The molecule has 1 aromatic heterocycles. The van der Waals surface area contributed by atoms with Gasteiger partial charge in [-0.25, -0.2) is 8.42 Å². The summed E-state index contributed by atoms with van der Waals surface area (Å²) in [5, 5.41) is 7.56. The molecule has 1 aliphatic heterocycles. The first-order valence-electron chi connectivity index (χ1n) is 8.45. The normalized spacial score (nSPS) is 23.3. The van der Waals surface area contributed by atoms with E-state index in [2.05, 4.69) is 20.4 Å². The van der Waals surface area contributed by atoms with E-state index in [4.69, 9.17) is 4.52 Å². The van der Waals surface area contributed by atoms with Crippen LogP contribution in [0.25, 0.3) is 0 Å². The Labute approximate surface area is 137 Å². The second-order valence-electron chi connectivity index (χ2n) is 6.83. The first-order chi connectivity index (χ1) is 11.0. The summed E-state index contributed by atoms with van der Waals surface area (Å²) in [5.74, 6) is 2.34. The zero-order valence-electron chi connectivity index (χ0n) is 13.7. The quantitative estimate of drug-likeness (QED) is 0.703. The van der Waals surface area contributed by atoms with Crippen molar-refractivity contribution in [3.63, 3.8) is 0 Å². The lowest BCUT2D eigenvalue weighted by molar-refractivity contribution is 0.178. The van der Waals surface area contributed by atoms with Gasteiger partial charge in [0.15, 0.2) is 5.82 Å². The molecule has 23 heavy (non-hydrogen) atoms. The average Bonchev–Trinajstić information content (AvgIpc) is 3.24. The highest BCUT2D eigenvalue weighted by atomic mass is 32.2. The molecule has 0 unspecified atom stereocenters. The molecule has 1 saturated carbocycles. The Morgan fingerprint density at radius 1 is 1.35 bits per heavy atom.